The molecule has 0 saturated carbocycles. The molecule has 7 nitrogen and oxygen atoms in total. The van der Waals surface area contributed by atoms with Gasteiger partial charge in [-0.3, -0.25) is 19.5 Å². The van der Waals surface area contributed by atoms with Gasteiger partial charge in [0.1, 0.15) is 5.82 Å². The lowest BCUT2D eigenvalue weighted by Crippen LogP contribution is -2.31. The molecule has 1 aliphatic heterocycles. The summed E-state index contributed by atoms with van der Waals surface area (Å²) in [5.41, 5.74) is 1.52. The Kier molecular flexibility index (Phi) is 6.22. The summed E-state index contributed by atoms with van der Waals surface area (Å²) >= 11 is 3.81. The van der Waals surface area contributed by atoms with Crippen LogP contribution in [0, 0.1) is 5.82 Å². The third-order valence-corrected chi connectivity index (χ3v) is 8.09. The Labute approximate surface area is 205 Å². The molecule has 0 radical (unpaired) electrons. The van der Waals surface area contributed by atoms with Gasteiger partial charge in [-0.15, -0.1) is 21.5 Å². The van der Waals surface area contributed by atoms with E-state index in [2.05, 4.69) is 15.2 Å². The van der Waals surface area contributed by atoms with Gasteiger partial charge in [0.15, 0.2) is 10.1 Å². The van der Waals surface area contributed by atoms with Crippen LogP contribution in [0.15, 0.2) is 82.0 Å². The van der Waals surface area contributed by atoms with Crippen LogP contribution in [0.2, 0.25) is 0 Å². The van der Waals surface area contributed by atoms with Crippen molar-refractivity contribution in [2.45, 2.75) is 16.1 Å². The molecular weight excluding hydrogens is 495 g/mol. The molecule has 1 N–H and O–H groups in total. The van der Waals surface area contributed by atoms with Crippen LogP contribution in [0.5, 0.6) is 0 Å². The van der Waals surface area contributed by atoms with Crippen molar-refractivity contribution in [3.63, 3.8) is 0 Å². The molecule has 0 fully saturated rings. The summed E-state index contributed by atoms with van der Waals surface area (Å²) in [5.74, 6) is -1.49. The van der Waals surface area contributed by atoms with E-state index in [-0.39, 0.29) is 16.5 Å². The Balaban J connectivity index is 1.46. The normalized spacial score (nSPS) is 15.9. The number of amides is 1. The van der Waals surface area contributed by atoms with Gasteiger partial charge in [0.2, 0.25) is 10.9 Å². The van der Waals surface area contributed by atoms with E-state index in [0.29, 0.717) is 20.5 Å². The number of Topliss-reactive ketones (excluding diaryl/α,β-unsaturated/α-hetero) is 1. The SMILES string of the molecule is O=C(C1=C(O)C(=O)N(c2nnc(SCc3ccc(F)cc3)s2)C1c1ccncc1)c1cccs1. The molecule has 5 rings (SSSR count). The number of aliphatic hydroxyl groups is 1. The number of thioether (sulfide) groups is 1. The Bertz CT molecular complexity index is 1370. The first-order valence-corrected chi connectivity index (χ1v) is 12.7. The van der Waals surface area contributed by atoms with E-state index in [0.717, 1.165) is 5.56 Å². The zero-order valence-corrected chi connectivity index (χ0v) is 19.7. The average Bonchev–Trinajstić information content (AvgIpc) is 3.60. The van der Waals surface area contributed by atoms with E-state index in [1.165, 1.54) is 51.5 Å². The van der Waals surface area contributed by atoms with Crippen molar-refractivity contribution in [1.82, 2.24) is 15.2 Å². The maximum Gasteiger partial charge on any atom is 0.296 e. The van der Waals surface area contributed by atoms with Gasteiger partial charge in [0.25, 0.3) is 5.91 Å². The third-order valence-electron chi connectivity index (χ3n) is 5.10. The number of aromatic nitrogens is 3. The maximum atomic E-state index is 13.2. The van der Waals surface area contributed by atoms with Crippen molar-refractivity contribution in [1.29, 1.82) is 0 Å². The molecule has 1 aromatic carbocycles. The van der Waals surface area contributed by atoms with Crippen LogP contribution in [0.25, 0.3) is 0 Å². The zero-order chi connectivity index (χ0) is 23.7. The predicted molar refractivity (Wildman–Crippen MR) is 129 cm³/mol. The number of anilines is 1. The van der Waals surface area contributed by atoms with Crippen molar-refractivity contribution in [3.8, 4) is 0 Å². The number of rotatable bonds is 7. The Morgan fingerprint density at radius 1 is 1.12 bits per heavy atom. The van der Waals surface area contributed by atoms with E-state index in [1.807, 2.05) is 0 Å². The van der Waals surface area contributed by atoms with Gasteiger partial charge in [0, 0.05) is 18.1 Å². The maximum absolute atomic E-state index is 13.2. The summed E-state index contributed by atoms with van der Waals surface area (Å²) in [6, 6.07) is 12.1. The van der Waals surface area contributed by atoms with Gasteiger partial charge >= 0.3 is 0 Å². The van der Waals surface area contributed by atoms with Gasteiger partial charge in [-0.05, 0) is 46.8 Å². The highest BCUT2D eigenvalue weighted by Crippen LogP contribution is 2.44. The Morgan fingerprint density at radius 2 is 1.88 bits per heavy atom. The van der Waals surface area contributed by atoms with Crippen LogP contribution in [-0.2, 0) is 10.5 Å². The number of carbonyl (C=O) groups excluding carboxylic acids is 2. The first-order valence-electron chi connectivity index (χ1n) is 9.98. The highest BCUT2D eigenvalue weighted by Gasteiger charge is 2.46. The summed E-state index contributed by atoms with van der Waals surface area (Å²) in [6.07, 6.45) is 3.12. The summed E-state index contributed by atoms with van der Waals surface area (Å²) in [7, 11) is 0. The number of pyridine rings is 1. The Hall–Kier alpha value is -3.41. The minimum absolute atomic E-state index is 0.00522. The first-order chi connectivity index (χ1) is 16.5. The monoisotopic (exact) mass is 510 g/mol. The third kappa shape index (κ3) is 4.25. The topological polar surface area (TPSA) is 96.3 Å². The smallest absolute Gasteiger partial charge is 0.296 e. The number of ketones is 1. The van der Waals surface area contributed by atoms with Gasteiger partial charge in [-0.1, -0.05) is 41.3 Å². The van der Waals surface area contributed by atoms with Crippen molar-refractivity contribution >= 4 is 51.3 Å². The molecule has 1 aliphatic rings. The van der Waals surface area contributed by atoms with Crippen LogP contribution < -0.4 is 4.90 Å². The van der Waals surface area contributed by atoms with Crippen LogP contribution >= 0.6 is 34.4 Å². The lowest BCUT2D eigenvalue weighted by molar-refractivity contribution is -0.117. The molecule has 34 heavy (non-hydrogen) atoms. The summed E-state index contributed by atoms with van der Waals surface area (Å²) in [6.45, 7) is 0. The van der Waals surface area contributed by atoms with E-state index in [4.69, 9.17) is 0 Å². The number of hydrogen-bond acceptors (Lipinski definition) is 9. The van der Waals surface area contributed by atoms with Crippen molar-refractivity contribution in [2.24, 2.45) is 0 Å². The molecule has 11 heteroatoms. The number of halogens is 1. The number of benzene rings is 1. The first kappa shape index (κ1) is 22.4. The molecule has 1 atom stereocenters. The van der Waals surface area contributed by atoms with Crippen LogP contribution in [0.1, 0.15) is 26.8 Å². The molecule has 170 valence electrons. The molecular formula is C23H15FN4O3S3. The largest absolute Gasteiger partial charge is 0.503 e. The fraction of sp³-hybridized carbons (Fsp3) is 0.0870. The molecule has 0 saturated heterocycles. The second kappa shape index (κ2) is 9.45. The molecule has 0 aliphatic carbocycles. The van der Waals surface area contributed by atoms with Gasteiger partial charge < -0.3 is 5.11 Å². The number of nitrogens with zero attached hydrogens (tertiary/aromatic N) is 4. The zero-order valence-electron chi connectivity index (χ0n) is 17.3. The van der Waals surface area contributed by atoms with Crippen LogP contribution in [0.3, 0.4) is 0 Å². The highest BCUT2D eigenvalue weighted by molar-refractivity contribution is 8.00. The second-order valence-electron chi connectivity index (χ2n) is 7.19. The van der Waals surface area contributed by atoms with Gasteiger partial charge in [0.05, 0.1) is 16.5 Å². The van der Waals surface area contributed by atoms with Crippen molar-refractivity contribution < 1.29 is 19.1 Å². The quantitative estimate of drug-likeness (QED) is 0.207. The summed E-state index contributed by atoms with van der Waals surface area (Å²) < 4.78 is 13.7. The standard InChI is InChI=1S/C23H15FN4O3S3/c24-15-5-3-13(4-6-15)12-33-23-27-26-22(34-23)28-18(14-7-9-25-10-8-14)17(20(30)21(28)31)19(29)16-2-1-11-32-16/h1-11,18,30H,12H2. The Morgan fingerprint density at radius 3 is 2.59 bits per heavy atom. The molecule has 1 amide bonds. The number of hydrogen-bond donors (Lipinski definition) is 1. The second-order valence-corrected chi connectivity index (χ2v) is 10.3. The fourth-order valence-corrected chi connectivity index (χ4v) is 6.02. The predicted octanol–water partition coefficient (Wildman–Crippen LogP) is 5.21. The molecule has 4 aromatic rings. The van der Waals surface area contributed by atoms with E-state index < -0.39 is 23.5 Å². The number of aliphatic hydroxyl groups excluding tert-OH is 1. The van der Waals surface area contributed by atoms with Crippen molar-refractivity contribution in [2.75, 3.05) is 4.90 Å². The van der Waals surface area contributed by atoms with Crippen LogP contribution in [0.4, 0.5) is 9.52 Å². The van der Waals surface area contributed by atoms with Gasteiger partial charge in [-0.2, -0.15) is 0 Å². The number of thiophene rings is 1. The minimum Gasteiger partial charge on any atom is -0.503 e. The number of carbonyl (C=O) groups is 2. The van der Waals surface area contributed by atoms with E-state index in [1.54, 1.807) is 54.2 Å². The summed E-state index contributed by atoms with van der Waals surface area (Å²) in [5, 5.41) is 21.1. The lowest BCUT2D eigenvalue weighted by atomic mass is 9.96. The van der Waals surface area contributed by atoms with Crippen molar-refractivity contribution in [3.05, 3.63) is 99.5 Å². The van der Waals surface area contributed by atoms with Gasteiger partial charge in [-0.25, -0.2) is 4.39 Å². The molecule has 3 aromatic heterocycles. The lowest BCUT2D eigenvalue weighted by Gasteiger charge is -2.23. The molecule has 1 unspecified atom stereocenters. The fourth-order valence-electron chi connectivity index (χ4n) is 3.52. The van der Waals surface area contributed by atoms with E-state index in [9.17, 15) is 19.1 Å². The highest BCUT2D eigenvalue weighted by atomic mass is 32.2. The molecule has 0 spiro atoms. The molecule has 4 heterocycles. The molecule has 0 bridgehead atoms. The van der Waals surface area contributed by atoms with Crippen LogP contribution in [-0.4, -0.2) is 32.0 Å². The van der Waals surface area contributed by atoms with E-state index >= 15 is 0 Å². The average molecular weight is 511 g/mol. The minimum atomic E-state index is -0.868. The summed E-state index contributed by atoms with van der Waals surface area (Å²) in [4.78, 5) is 32.1.